The molecule has 1 aromatic heterocycles. The van der Waals surface area contributed by atoms with E-state index in [2.05, 4.69) is 15.8 Å². The lowest BCUT2D eigenvalue weighted by molar-refractivity contribution is -0.150. The standard InChI is InChI=1S/C42H36N6O7S3/c1-53-30-19-18-26(32(22-30)54-2)23-55-47-34(37(49)45-35-38(50)48-36(40(51)52)33(56-21-20-43)25-57-39(35)48)31-24-58-41(44-31)46-42(27-12-6-3-7-13-27,28-14-8-4-9-15-28)29-16-10-5-11-17-29/h3-19,22,24,35,39H,21,23,25H2,1-2H3,(H,44,46)(H,45,49)(H,51,52)/t35-,39+/m1/s1. The molecule has 3 N–H and O–H groups in total. The summed E-state index contributed by atoms with van der Waals surface area (Å²) in [7, 11) is 3.06. The second-order valence-electron chi connectivity index (χ2n) is 12.8. The number of thiazole rings is 1. The van der Waals surface area contributed by atoms with Gasteiger partial charge in [-0.25, -0.2) is 9.78 Å². The van der Waals surface area contributed by atoms with Gasteiger partial charge in [-0.2, -0.15) is 5.26 Å². The number of ether oxygens (including phenoxy) is 2. The highest BCUT2D eigenvalue weighted by Gasteiger charge is 2.54. The van der Waals surface area contributed by atoms with Gasteiger partial charge in [-0.3, -0.25) is 14.5 Å². The molecule has 0 radical (unpaired) electrons. The number of carbonyl (C=O) groups excluding carboxylic acids is 2. The van der Waals surface area contributed by atoms with E-state index in [1.54, 1.807) is 30.7 Å². The number of aliphatic carboxylic acids is 1. The lowest BCUT2D eigenvalue weighted by Gasteiger charge is -2.49. The van der Waals surface area contributed by atoms with Gasteiger partial charge in [0, 0.05) is 27.7 Å². The van der Waals surface area contributed by atoms with Gasteiger partial charge in [0.15, 0.2) is 10.8 Å². The van der Waals surface area contributed by atoms with E-state index in [1.165, 1.54) is 30.2 Å². The van der Waals surface area contributed by atoms with E-state index in [1.807, 2.05) is 97.1 Å². The Morgan fingerprint density at radius 1 is 0.983 bits per heavy atom. The highest BCUT2D eigenvalue weighted by Crippen LogP contribution is 2.44. The average molecular weight is 833 g/mol. The molecule has 2 aliphatic heterocycles. The van der Waals surface area contributed by atoms with Crippen LogP contribution in [0.5, 0.6) is 11.5 Å². The van der Waals surface area contributed by atoms with Crippen LogP contribution in [-0.2, 0) is 31.4 Å². The third kappa shape index (κ3) is 7.97. The van der Waals surface area contributed by atoms with Gasteiger partial charge in [0.25, 0.3) is 11.8 Å². The number of fused-ring (bicyclic) bond motifs is 1. The summed E-state index contributed by atoms with van der Waals surface area (Å²) in [6.45, 7) is -0.0805. The Labute approximate surface area is 346 Å². The Bertz CT molecular complexity index is 2310. The molecule has 1 saturated heterocycles. The lowest BCUT2D eigenvalue weighted by Crippen LogP contribution is -2.71. The molecule has 294 valence electrons. The van der Waals surface area contributed by atoms with Crippen LogP contribution in [0.15, 0.2) is 130 Å². The van der Waals surface area contributed by atoms with Crippen LogP contribution in [0.25, 0.3) is 0 Å². The van der Waals surface area contributed by atoms with Crippen molar-refractivity contribution in [1.82, 2.24) is 15.2 Å². The van der Waals surface area contributed by atoms with Gasteiger partial charge in [-0.15, -0.1) is 34.9 Å². The number of thioether (sulfide) groups is 2. The minimum absolute atomic E-state index is 0.0371. The second-order valence-corrected chi connectivity index (χ2v) is 15.8. The fourth-order valence-corrected chi connectivity index (χ4v) is 9.80. The number of nitriles is 1. The molecule has 3 heterocycles. The number of rotatable bonds is 16. The van der Waals surface area contributed by atoms with Crippen LogP contribution in [-0.4, -0.2) is 75.6 Å². The number of amides is 2. The predicted octanol–water partition coefficient (Wildman–Crippen LogP) is 6.44. The number of anilines is 1. The zero-order valence-electron chi connectivity index (χ0n) is 31.2. The molecule has 5 aromatic rings. The first-order valence-electron chi connectivity index (χ1n) is 17.8. The largest absolute Gasteiger partial charge is 0.497 e. The third-order valence-electron chi connectivity index (χ3n) is 9.48. The van der Waals surface area contributed by atoms with Crippen molar-refractivity contribution in [1.29, 1.82) is 5.26 Å². The van der Waals surface area contributed by atoms with Crippen molar-refractivity contribution in [2.45, 2.75) is 23.6 Å². The normalized spacial score (nSPS) is 16.4. The molecular formula is C42H36N6O7S3. The van der Waals surface area contributed by atoms with Crippen molar-refractivity contribution in [3.8, 4) is 17.6 Å². The number of hydrogen-bond donors (Lipinski definition) is 3. The van der Waals surface area contributed by atoms with E-state index >= 15 is 0 Å². The molecule has 0 saturated carbocycles. The molecule has 0 unspecified atom stereocenters. The molecule has 16 heteroatoms. The molecule has 7 rings (SSSR count). The van der Waals surface area contributed by atoms with Crippen molar-refractivity contribution >= 4 is 63.5 Å². The molecule has 1 fully saturated rings. The Hall–Kier alpha value is -6.28. The molecule has 2 aliphatic rings. The number of nitrogens with zero attached hydrogens (tertiary/aromatic N) is 4. The van der Waals surface area contributed by atoms with Gasteiger partial charge < -0.3 is 30.1 Å². The van der Waals surface area contributed by atoms with Crippen LogP contribution in [0, 0.1) is 11.3 Å². The fraction of sp³-hybridized carbons (Fsp3) is 0.190. The van der Waals surface area contributed by atoms with Crippen LogP contribution in [0.3, 0.4) is 0 Å². The Morgan fingerprint density at radius 2 is 1.62 bits per heavy atom. The van der Waals surface area contributed by atoms with E-state index in [-0.39, 0.29) is 35.2 Å². The van der Waals surface area contributed by atoms with Crippen LogP contribution in [0.2, 0.25) is 0 Å². The minimum atomic E-state index is -1.28. The summed E-state index contributed by atoms with van der Waals surface area (Å²) in [6, 6.07) is 36.1. The number of nitrogens with one attached hydrogen (secondary N) is 2. The number of aromatic nitrogens is 1. The monoisotopic (exact) mass is 832 g/mol. The van der Waals surface area contributed by atoms with E-state index in [0.29, 0.717) is 27.1 Å². The smallest absolute Gasteiger partial charge is 0.353 e. The first-order chi connectivity index (χ1) is 28.3. The zero-order valence-corrected chi connectivity index (χ0v) is 33.6. The quantitative estimate of drug-likeness (QED) is 0.0430. The van der Waals surface area contributed by atoms with Gasteiger partial charge in [-0.05, 0) is 28.8 Å². The SMILES string of the molecule is COc1ccc(CON=C(C(=O)N[C@@H]2C(=O)N3C(C(=O)O)=C(SCC#N)CS[C@@H]23)c2csc(NC(c3ccccc3)(c3ccccc3)c3ccccc3)n2)c(OC)c1. The molecule has 0 aliphatic carbocycles. The summed E-state index contributed by atoms with van der Waals surface area (Å²) >= 11 is 3.64. The lowest BCUT2D eigenvalue weighted by atomic mass is 9.77. The summed E-state index contributed by atoms with van der Waals surface area (Å²) < 4.78 is 10.8. The number of oxime groups is 1. The molecule has 4 aromatic carbocycles. The second kappa shape index (κ2) is 17.9. The van der Waals surface area contributed by atoms with Crippen LogP contribution >= 0.6 is 34.9 Å². The van der Waals surface area contributed by atoms with Gasteiger partial charge >= 0.3 is 5.97 Å². The summed E-state index contributed by atoms with van der Waals surface area (Å²) in [5, 5.41) is 31.3. The van der Waals surface area contributed by atoms with Crippen molar-refractivity contribution in [2.75, 3.05) is 31.0 Å². The first-order valence-corrected chi connectivity index (χ1v) is 20.7. The topological polar surface area (TPSA) is 175 Å². The van der Waals surface area contributed by atoms with Crippen LogP contribution in [0.1, 0.15) is 27.9 Å². The molecule has 13 nitrogen and oxygen atoms in total. The van der Waals surface area contributed by atoms with Gasteiger partial charge in [0.1, 0.15) is 46.5 Å². The zero-order chi connectivity index (χ0) is 40.6. The molecule has 0 bridgehead atoms. The summed E-state index contributed by atoms with van der Waals surface area (Å²) in [5.74, 6) is -1.26. The van der Waals surface area contributed by atoms with Crippen LogP contribution in [0.4, 0.5) is 5.13 Å². The minimum Gasteiger partial charge on any atom is -0.497 e. The summed E-state index contributed by atoms with van der Waals surface area (Å²) in [6.07, 6.45) is 0. The van der Waals surface area contributed by atoms with Gasteiger partial charge in [0.2, 0.25) is 0 Å². The van der Waals surface area contributed by atoms with Crippen molar-refractivity contribution in [2.24, 2.45) is 5.16 Å². The first kappa shape index (κ1) is 39.9. The van der Waals surface area contributed by atoms with Crippen molar-refractivity contribution in [3.63, 3.8) is 0 Å². The van der Waals surface area contributed by atoms with Gasteiger partial charge in [-0.1, -0.05) is 96.2 Å². The Kier molecular flexibility index (Phi) is 12.3. The highest BCUT2D eigenvalue weighted by atomic mass is 32.2. The highest BCUT2D eigenvalue weighted by molar-refractivity contribution is 8.06. The van der Waals surface area contributed by atoms with E-state index in [9.17, 15) is 19.5 Å². The maximum Gasteiger partial charge on any atom is 0.353 e. The molecular weight excluding hydrogens is 797 g/mol. The number of β-lactam (4-membered cyclic amide) rings is 1. The summed E-state index contributed by atoms with van der Waals surface area (Å²) in [4.78, 5) is 52.3. The Balaban J connectivity index is 1.23. The number of carboxylic acids is 1. The summed E-state index contributed by atoms with van der Waals surface area (Å²) in [5.41, 5.74) is 2.38. The van der Waals surface area contributed by atoms with Gasteiger partial charge in [0.05, 0.1) is 26.0 Å². The van der Waals surface area contributed by atoms with Crippen molar-refractivity contribution in [3.05, 3.63) is 153 Å². The van der Waals surface area contributed by atoms with Crippen LogP contribution < -0.4 is 20.1 Å². The molecule has 58 heavy (non-hydrogen) atoms. The number of carbonyl (C=O) groups is 3. The number of hydrogen-bond acceptors (Lipinski definition) is 13. The van der Waals surface area contributed by atoms with E-state index < -0.39 is 34.7 Å². The molecule has 0 spiro atoms. The Morgan fingerprint density at radius 3 is 2.19 bits per heavy atom. The fourth-order valence-electron chi connectivity index (χ4n) is 6.75. The van der Waals surface area contributed by atoms with Crippen molar-refractivity contribution < 1.29 is 33.8 Å². The van der Waals surface area contributed by atoms with E-state index in [4.69, 9.17) is 24.6 Å². The number of methoxy groups -OCH3 is 2. The third-order valence-corrected chi connectivity index (χ3v) is 12.7. The molecule has 2 amide bonds. The molecule has 2 atom stereocenters. The maximum atomic E-state index is 14.2. The average Bonchev–Trinajstić information content (AvgIpc) is 3.73. The predicted molar refractivity (Wildman–Crippen MR) is 224 cm³/mol. The number of carboxylic acid groups (broad SMARTS) is 1. The number of benzene rings is 4. The van der Waals surface area contributed by atoms with E-state index in [0.717, 1.165) is 33.4 Å². The maximum absolute atomic E-state index is 14.2.